The summed E-state index contributed by atoms with van der Waals surface area (Å²) in [4.78, 5) is 31.3. The van der Waals surface area contributed by atoms with Crippen LogP contribution in [0.2, 0.25) is 5.02 Å². The highest BCUT2D eigenvalue weighted by molar-refractivity contribution is 9.10. The minimum absolute atomic E-state index is 0.121. The van der Waals surface area contributed by atoms with E-state index in [1.807, 2.05) is 25.4 Å². The minimum atomic E-state index is -0.604. The van der Waals surface area contributed by atoms with E-state index in [9.17, 15) is 9.59 Å². The van der Waals surface area contributed by atoms with Crippen LogP contribution in [-0.2, 0) is 16.4 Å². The standard InChI is InChI=1S/C26H27BrClN7O2S/c1-16-11-17(27)12-20(25(36)32-18-7-4-3-5-8-18)23(16)33-26(37)22-13-19(14-38(2)31-15-29)34-35(22)24-21(28)9-6-10-30-24/h6,9-13,18H,3-5,7-8,14H2,1-2H3,(H,32,36)(H,33,37). The van der Waals surface area contributed by atoms with Crippen LogP contribution < -0.4 is 10.6 Å². The van der Waals surface area contributed by atoms with Crippen molar-refractivity contribution in [2.45, 2.75) is 50.8 Å². The summed E-state index contributed by atoms with van der Waals surface area (Å²) in [5, 5.41) is 19.8. The summed E-state index contributed by atoms with van der Waals surface area (Å²) in [6.45, 7) is 1.84. The second-order valence-electron chi connectivity index (χ2n) is 9.09. The Kier molecular flexibility index (Phi) is 9.31. The SMILES string of the molecule is Cc1cc(Br)cc(C(=O)NC2CCCCC2)c1NC(=O)c1cc(CS(C)=NC#N)nn1-c1ncccc1Cl. The van der Waals surface area contributed by atoms with Gasteiger partial charge in [-0.25, -0.2) is 9.67 Å². The van der Waals surface area contributed by atoms with E-state index < -0.39 is 16.6 Å². The average Bonchev–Trinajstić information content (AvgIpc) is 3.29. The summed E-state index contributed by atoms with van der Waals surface area (Å²) in [6, 6.07) is 8.66. The molecule has 0 spiro atoms. The van der Waals surface area contributed by atoms with Crippen molar-refractivity contribution in [2.24, 2.45) is 4.36 Å². The minimum Gasteiger partial charge on any atom is -0.349 e. The molecule has 2 amide bonds. The van der Waals surface area contributed by atoms with E-state index in [1.54, 1.807) is 30.5 Å². The van der Waals surface area contributed by atoms with Gasteiger partial charge >= 0.3 is 0 Å². The molecule has 0 radical (unpaired) electrons. The van der Waals surface area contributed by atoms with Gasteiger partial charge in [-0.1, -0.05) is 57.5 Å². The van der Waals surface area contributed by atoms with Crippen LogP contribution in [-0.4, -0.2) is 38.9 Å². The van der Waals surface area contributed by atoms with Crippen molar-refractivity contribution in [2.75, 3.05) is 11.6 Å². The molecule has 2 heterocycles. The van der Waals surface area contributed by atoms with E-state index in [4.69, 9.17) is 16.9 Å². The van der Waals surface area contributed by atoms with E-state index in [2.05, 4.69) is 41.0 Å². The molecule has 0 aliphatic heterocycles. The van der Waals surface area contributed by atoms with Crippen LogP contribution >= 0.6 is 27.5 Å². The lowest BCUT2D eigenvalue weighted by Gasteiger charge is -2.24. The Morgan fingerprint density at radius 2 is 2.03 bits per heavy atom. The predicted octanol–water partition coefficient (Wildman–Crippen LogP) is 5.72. The van der Waals surface area contributed by atoms with Crippen molar-refractivity contribution >= 4 is 55.7 Å². The fraction of sp³-hybridized carbons (Fsp3) is 0.346. The first-order chi connectivity index (χ1) is 18.3. The maximum atomic E-state index is 13.7. The number of anilines is 1. The van der Waals surface area contributed by atoms with Gasteiger partial charge in [-0.05, 0) is 61.9 Å². The van der Waals surface area contributed by atoms with E-state index in [1.165, 1.54) is 11.1 Å². The van der Waals surface area contributed by atoms with Crippen LogP contribution in [0.15, 0.2) is 45.4 Å². The van der Waals surface area contributed by atoms with Crippen LogP contribution in [0.1, 0.15) is 64.2 Å². The lowest BCUT2D eigenvalue weighted by molar-refractivity contribution is 0.0928. The number of benzene rings is 1. The maximum Gasteiger partial charge on any atom is 0.274 e. The number of nitrogens with one attached hydrogen (secondary N) is 2. The van der Waals surface area contributed by atoms with Crippen LogP contribution in [0.25, 0.3) is 5.82 Å². The molecule has 1 unspecified atom stereocenters. The lowest BCUT2D eigenvalue weighted by atomic mass is 9.95. The fourth-order valence-electron chi connectivity index (χ4n) is 4.45. The number of carbonyl (C=O) groups is 2. The number of nitriles is 1. The Bertz CT molecular complexity index is 1440. The third-order valence-corrected chi connectivity index (χ3v) is 8.07. The van der Waals surface area contributed by atoms with E-state index in [-0.39, 0.29) is 17.6 Å². The van der Waals surface area contributed by atoms with Crippen LogP contribution in [0.5, 0.6) is 0 Å². The molecule has 3 aromatic rings. The van der Waals surface area contributed by atoms with Gasteiger partial charge in [0.1, 0.15) is 5.69 Å². The summed E-state index contributed by atoms with van der Waals surface area (Å²) in [5.41, 5.74) is 2.27. The van der Waals surface area contributed by atoms with Crippen LogP contribution in [0.3, 0.4) is 0 Å². The second-order valence-corrected chi connectivity index (χ2v) is 12.1. The monoisotopic (exact) mass is 615 g/mol. The molecule has 0 bridgehead atoms. The van der Waals surface area contributed by atoms with E-state index in [0.717, 1.165) is 35.7 Å². The van der Waals surface area contributed by atoms with Crippen molar-refractivity contribution < 1.29 is 9.59 Å². The van der Waals surface area contributed by atoms with Crippen molar-refractivity contribution in [3.8, 4) is 12.0 Å². The number of halogens is 2. The average molecular weight is 617 g/mol. The number of hydrogen-bond acceptors (Lipinski definition) is 6. The topological polar surface area (TPSA) is 125 Å². The third kappa shape index (κ3) is 6.67. The molecule has 1 aliphatic carbocycles. The zero-order valence-electron chi connectivity index (χ0n) is 21.0. The molecule has 0 saturated heterocycles. The number of hydrogen-bond donors (Lipinski definition) is 2. The molecule has 2 N–H and O–H groups in total. The van der Waals surface area contributed by atoms with Crippen molar-refractivity contribution in [3.63, 3.8) is 0 Å². The zero-order chi connectivity index (χ0) is 27.2. The number of rotatable bonds is 7. The number of aromatic nitrogens is 3. The van der Waals surface area contributed by atoms with Crippen LogP contribution in [0, 0.1) is 18.4 Å². The number of pyridine rings is 1. The number of nitrogens with zero attached hydrogens (tertiary/aromatic N) is 5. The molecule has 198 valence electrons. The Morgan fingerprint density at radius 1 is 1.26 bits per heavy atom. The Hall–Kier alpha value is -3.07. The van der Waals surface area contributed by atoms with Gasteiger partial charge in [0.2, 0.25) is 6.19 Å². The maximum absolute atomic E-state index is 13.7. The molecule has 1 atom stereocenters. The van der Waals surface area contributed by atoms with Crippen molar-refractivity contribution in [1.29, 1.82) is 5.26 Å². The summed E-state index contributed by atoms with van der Waals surface area (Å²) in [5.74, 6) is -0.0402. The Morgan fingerprint density at radius 3 is 2.74 bits per heavy atom. The Labute approximate surface area is 237 Å². The summed E-state index contributed by atoms with van der Waals surface area (Å²) in [7, 11) is -0.604. The fourth-order valence-corrected chi connectivity index (χ4v) is 6.00. The number of amides is 2. The lowest BCUT2D eigenvalue weighted by Crippen LogP contribution is -2.36. The molecule has 2 aromatic heterocycles. The second kappa shape index (κ2) is 12.7. The molecule has 1 aliphatic rings. The van der Waals surface area contributed by atoms with Crippen LogP contribution in [0.4, 0.5) is 5.69 Å². The molecule has 38 heavy (non-hydrogen) atoms. The van der Waals surface area contributed by atoms with E-state index in [0.29, 0.717) is 33.5 Å². The first kappa shape index (κ1) is 28.0. The van der Waals surface area contributed by atoms with Gasteiger partial charge in [0.25, 0.3) is 11.8 Å². The van der Waals surface area contributed by atoms with Crippen molar-refractivity contribution in [1.82, 2.24) is 20.1 Å². The van der Waals surface area contributed by atoms with Gasteiger partial charge in [0, 0.05) is 22.5 Å². The first-order valence-corrected chi connectivity index (χ1v) is 15.0. The predicted molar refractivity (Wildman–Crippen MR) is 153 cm³/mol. The van der Waals surface area contributed by atoms with Gasteiger partial charge in [-0.15, -0.1) is 0 Å². The van der Waals surface area contributed by atoms with Gasteiger partial charge in [0.15, 0.2) is 5.82 Å². The normalized spacial score (nSPS) is 14.6. The molecule has 9 nitrogen and oxygen atoms in total. The molecule has 1 fully saturated rings. The highest BCUT2D eigenvalue weighted by Crippen LogP contribution is 2.28. The summed E-state index contributed by atoms with van der Waals surface area (Å²) < 4.78 is 5.98. The van der Waals surface area contributed by atoms with E-state index >= 15 is 0 Å². The Balaban J connectivity index is 1.70. The van der Waals surface area contributed by atoms with Crippen molar-refractivity contribution in [3.05, 3.63) is 68.5 Å². The van der Waals surface area contributed by atoms with Gasteiger partial charge in [0.05, 0.1) is 22.0 Å². The summed E-state index contributed by atoms with van der Waals surface area (Å²) >= 11 is 9.87. The first-order valence-electron chi connectivity index (χ1n) is 12.1. The van der Waals surface area contributed by atoms with Gasteiger partial charge in [-0.3, -0.25) is 9.59 Å². The molecule has 4 rings (SSSR count). The molecule has 1 aromatic carbocycles. The largest absolute Gasteiger partial charge is 0.349 e. The smallest absolute Gasteiger partial charge is 0.274 e. The molecule has 1 saturated carbocycles. The quantitative estimate of drug-likeness (QED) is 0.329. The zero-order valence-corrected chi connectivity index (χ0v) is 24.2. The highest BCUT2D eigenvalue weighted by atomic mass is 79.9. The summed E-state index contributed by atoms with van der Waals surface area (Å²) in [6.07, 6.45) is 10.5. The molecule has 12 heteroatoms. The van der Waals surface area contributed by atoms with Gasteiger partial charge < -0.3 is 10.6 Å². The van der Waals surface area contributed by atoms with Gasteiger partial charge in [-0.2, -0.15) is 14.7 Å². The third-order valence-electron chi connectivity index (χ3n) is 6.21. The number of carbonyl (C=O) groups excluding carboxylic acids is 2. The highest BCUT2D eigenvalue weighted by Gasteiger charge is 2.24. The number of aryl methyl sites for hydroxylation is 1. The molecular formula is C26H27BrClN7O2S. The molecular weight excluding hydrogens is 590 g/mol.